The van der Waals surface area contributed by atoms with E-state index in [-0.39, 0.29) is 17.4 Å². The molecular weight excluding hydrogens is 210 g/mol. The van der Waals surface area contributed by atoms with Gasteiger partial charge in [-0.05, 0) is 43.5 Å². The highest BCUT2D eigenvalue weighted by molar-refractivity contribution is 5.23. The second kappa shape index (κ2) is 5.92. The van der Waals surface area contributed by atoms with Crippen LogP contribution in [0.5, 0.6) is 0 Å². The smallest absolute Gasteiger partial charge is 0.129 e. The maximum atomic E-state index is 13.5. The fraction of sp³-hybridized carbons (Fsp3) is 0.500. The third-order valence-corrected chi connectivity index (χ3v) is 2.85. The van der Waals surface area contributed by atoms with Crippen LogP contribution in [-0.4, -0.2) is 13.1 Å². The van der Waals surface area contributed by atoms with Crippen molar-refractivity contribution in [3.05, 3.63) is 35.4 Å². The van der Waals surface area contributed by atoms with E-state index in [1.54, 1.807) is 6.92 Å². The highest BCUT2D eigenvalue weighted by Crippen LogP contribution is 2.27. The Hall–Kier alpha value is -1.00. The molecule has 4 N–H and O–H groups in total. The molecule has 0 saturated heterocycles. The van der Waals surface area contributed by atoms with Gasteiger partial charge < -0.3 is 11.5 Å². The minimum absolute atomic E-state index is 0.106. The molecule has 0 aliphatic heterocycles. The largest absolute Gasteiger partial charge is 0.330 e. The van der Waals surface area contributed by atoms with Crippen LogP contribution in [0, 0.1) is 17.6 Å². The first-order valence-electron chi connectivity index (χ1n) is 5.44. The van der Waals surface area contributed by atoms with E-state index < -0.39 is 11.6 Å². The summed E-state index contributed by atoms with van der Waals surface area (Å²) in [5, 5.41) is 0. The van der Waals surface area contributed by atoms with Crippen molar-refractivity contribution in [2.45, 2.75) is 19.3 Å². The summed E-state index contributed by atoms with van der Waals surface area (Å²) in [5.74, 6) is -1.10. The molecule has 0 saturated carbocycles. The lowest BCUT2D eigenvalue weighted by molar-refractivity contribution is 0.440. The monoisotopic (exact) mass is 228 g/mol. The Balaban J connectivity index is 2.83. The molecule has 0 aromatic heterocycles. The maximum Gasteiger partial charge on any atom is 0.129 e. The standard InChI is InChI=1S/C12H18F2N2/c1-8(5-9(6-15)7-16)12-10(13)3-2-4-11(12)14/h2-4,8-9H,5-7,15-16H2,1H3. The van der Waals surface area contributed by atoms with Gasteiger partial charge >= 0.3 is 0 Å². The van der Waals surface area contributed by atoms with E-state index in [1.165, 1.54) is 18.2 Å². The van der Waals surface area contributed by atoms with Crippen molar-refractivity contribution in [2.75, 3.05) is 13.1 Å². The first kappa shape index (κ1) is 13.1. The summed E-state index contributed by atoms with van der Waals surface area (Å²) in [4.78, 5) is 0. The first-order chi connectivity index (χ1) is 7.60. The van der Waals surface area contributed by atoms with Crippen LogP contribution in [-0.2, 0) is 0 Å². The third-order valence-electron chi connectivity index (χ3n) is 2.85. The Morgan fingerprint density at radius 2 is 1.62 bits per heavy atom. The Labute approximate surface area is 94.6 Å². The van der Waals surface area contributed by atoms with E-state index in [0.717, 1.165) is 0 Å². The van der Waals surface area contributed by atoms with Crippen LogP contribution >= 0.6 is 0 Å². The van der Waals surface area contributed by atoms with Gasteiger partial charge in [0.2, 0.25) is 0 Å². The van der Waals surface area contributed by atoms with Crippen molar-refractivity contribution in [3.8, 4) is 0 Å². The molecule has 0 bridgehead atoms. The summed E-state index contributed by atoms with van der Waals surface area (Å²) in [5.41, 5.74) is 11.2. The average molecular weight is 228 g/mol. The molecule has 16 heavy (non-hydrogen) atoms. The van der Waals surface area contributed by atoms with E-state index in [1.807, 2.05) is 0 Å². The van der Waals surface area contributed by atoms with Crippen molar-refractivity contribution >= 4 is 0 Å². The molecule has 1 unspecified atom stereocenters. The average Bonchev–Trinajstić information content (AvgIpc) is 2.25. The van der Waals surface area contributed by atoms with Gasteiger partial charge in [0.1, 0.15) is 11.6 Å². The second-order valence-electron chi connectivity index (χ2n) is 4.11. The molecule has 0 aliphatic carbocycles. The van der Waals surface area contributed by atoms with Crippen molar-refractivity contribution in [2.24, 2.45) is 17.4 Å². The summed E-state index contributed by atoms with van der Waals surface area (Å²) >= 11 is 0. The fourth-order valence-electron chi connectivity index (χ4n) is 1.89. The van der Waals surface area contributed by atoms with E-state index >= 15 is 0 Å². The molecule has 0 fully saturated rings. The van der Waals surface area contributed by atoms with Crippen molar-refractivity contribution < 1.29 is 8.78 Å². The topological polar surface area (TPSA) is 52.0 Å². The van der Waals surface area contributed by atoms with E-state index in [9.17, 15) is 8.78 Å². The summed E-state index contributed by atoms with van der Waals surface area (Å²) < 4.78 is 26.9. The molecule has 1 aromatic carbocycles. The zero-order chi connectivity index (χ0) is 12.1. The molecular formula is C12H18F2N2. The zero-order valence-electron chi connectivity index (χ0n) is 9.42. The maximum absolute atomic E-state index is 13.5. The lowest BCUT2D eigenvalue weighted by atomic mass is 9.89. The summed E-state index contributed by atoms with van der Waals surface area (Å²) in [6.45, 7) is 2.67. The zero-order valence-corrected chi connectivity index (χ0v) is 9.42. The van der Waals surface area contributed by atoms with Gasteiger partial charge in [0.05, 0.1) is 0 Å². The summed E-state index contributed by atoms with van der Waals surface area (Å²) in [6, 6.07) is 3.91. The first-order valence-corrected chi connectivity index (χ1v) is 5.44. The van der Waals surface area contributed by atoms with Crippen LogP contribution in [0.15, 0.2) is 18.2 Å². The quantitative estimate of drug-likeness (QED) is 0.809. The number of benzene rings is 1. The molecule has 1 rings (SSSR count). The SMILES string of the molecule is CC(CC(CN)CN)c1c(F)cccc1F. The highest BCUT2D eigenvalue weighted by Gasteiger charge is 2.18. The highest BCUT2D eigenvalue weighted by atomic mass is 19.1. The van der Waals surface area contributed by atoms with Crippen molar-refractivity contribution in [1.29, 1.82) is 0 Å². The Morgan fingerprint density at radius 1 is 1.12 bits per heavy atom. The van der Waals surface area contributed by atoms with Crippen LogP contribution in [0.2, 0.25) is 0 Å². The number of nitrogens with two attached hydrogens (primary N) is 2. The molecule has 0 aliphatic rings. The summed E-state index contributed by atoms with van der Waals surface area (Å²) in [7, 11) is 0. The van der Waals surface area contributed by atoms with Gasteiger partial charge in [-0.2, -0.15) is 0 Å². The number of rotatable bonds is 5. The van der Waals surface area contributed by atoms with Crippen molar-refractivity contribution in [1.82, 2.24) is 0 Å². The predicted molar refractivity (Wildman–Crippen MR) is 61.0 cm³/mol. The lowest BCUT2D eigenvalue weighted by Gasteiger charge is -2.19. The normalized spacial score (nSPS) is 13.1. The minimum atomic E-state index is -0.500. The fourth-order valence-corrected chi connectivity index (χ4v) is 1.89. The van der Waals surface area contributed by atoms with Crippen LogP contribution in [0.25, 0.3) is 0 Å². The van der Waals surface area contributed by atoms with Crippen LogP contribution in [0.3, 0.4) is 0 Å². The van der Waals surface area contributed by atoms with Crippen LogP contribution < -0.4 is 11.5 Å². The Kier molecular flexibility index (Phi) is 4.83. The second-order valence-corrected chi connectivity index (χ2v) is 4.11. The molecule has 0 heterocycles. The molecule has 0 radical (unpaired) electrons. The van der Waals surface area contributed by atoms with Gasteiger partial charge in [-0.3, -0.25) is 0 Å². The molecule has 90 valence electrons. The predicted octanol–water partition coefficient (Wildman–Crippen LogP) is 1.99. The van der Waals surface area contributed by atoms with Crippen LogP contribution in [0.1, 0.15) is 24.8 Å². The number of halogens is 2. The molecule has 0 amide bonds. The molecule has 0 spiro atoms. The lowest BCUT2D eigenvalue weighted by Crippen LogP contribution is -2.25. The number of hydrogen-bond donors (Lipinski definition) is 2. The minimum Gasteiger partial charge on any atom is -0.330 e. The van der Waals surface area contributed by atoms with Gasteiger partial charge in [0.15, 0.2) is 0 Å². The summed E-state index contributed by atoms with van der Waals surface area (Å²) in [6.07, 6.45) is 0.602. The van der Waals surface area contributed by atoms with Gasteiger partial charge in [-0.15, -0.1) is 0 Å². The van der Waals surface area contributed by atoms with Crippen molar-refractivity contribution in [3.63, 3.8) is 0 Å². The van der Waals surface area contributed by atoms with E-state index in [0.29, 0.717) is 19.5 Å². The van der Waals surface area contributed by atoms with Gasteiger partial charge in [-0.1, -0.05) is 13.0 Å². The number of hydrogen-bond acceptors (Lipinski definition) is 2. The Bertz CT molecular complexity index is 318. The molecule has 1 aromatic rings. The Morgan fingerprint density at radius 3 is 2.06 bits per heavy atom. The molecule has 1 atom stereocenters. The van der Waals surface area contributed by atoms with Gasteiger partial charge in [-0.25, -0.2) is 8.78 Å². The molecule has 2 nitrogen and oxygen atoms in total. The van der Waals surface area contributed by atoms with E-state index in [4.69, 9.17) is 11.5 Å². The van der Waals surface area contributed by atoms with Gasteiger partial charge in [0, 0.05) is 5.56 Å². The van der Waals surface area contributed by atoms with E-state index in [2.05, 4.69) is 0 Å². The van der Waals surface area contributed by atoms with Crippen LogP contribution in [0.4, 0.5) is 8.78 Å². The molecule has 4 heteroatoms. The van der Waals surface area contributed by atoms with Gasteiger partial charge in [0.25, 0.3) is 0 Å². The third kappa shape index (κ3) is 3.00.